The van der Waals surface area contributed by atoms with Crippen molar-refractivity contribution >= 4 is 11.4 Å². The second-order valence-corrected chi connectivity index (χ2v) is 8.29. The predicted octanol–water partition coefficient (Wildman–Crippen LogP) is 2.30. The first-order valence-electron chi connectivity index (χ1n) is 10.2. The molecule has 2 fully saturated rings. The van der Waals surface area contributed by atoms with Crippen molar-refractivity contribution in [2.24, 2.45) is 13.0 Å². The van der Waals surface area contributed by atoms with Gasteiger partial charge in [0.1, 0.15) is 11.1 Å². The molecule has 154 valence electrons. The lowest BCUT2D eigenvalue weighted by molar-refractivity contribution is -0.127. The van der Waals surface area contributed by atoms with E-state index < -0.39 is 0 Å². The van der Waals surface area contributed by atoms with E-state index in [1.165, 1.54) is 0 Å². The van der Waals surface area contributed by atoms with E-state index in [1.54, 1.807) is 33.4 Å². The van der Waals surface area contributed by atoms with Gasteiger partial charge >= 0.3 is 0 Å². The number of hydrogen-bond acceptors (Lipinski definition) is 5. The van der Waals surface area contributed by atoms with Gasteiger partial charge in [-0.05, 0) is 38.2 Å². The van der Waals surface area contributed by atoms with E-state index >= 15 is 0 Å². The molecule has 3 aromatic heterocycles. The average molecular weight is 404 g/mol. The first-order valence-corrected chi connectivity index (χ1v) is 10.2. The SMILES string of the molecule is CC#CC(=O)N(C)[C@@H]1CC[C@@H]2C[C@]2(Oc2nc(-c3cnn(C)c3)cn3nccc23)C1. The Morgan fingerprint density at radius 3 is 2.93 bits per heavy atom. The number of aromatic nitrogens is 5. The first-order chi connectivity index (χ1) is 14.5. The topological polar surface area (TPSA) is 77.6 Å². The van der Waals surface area contributed by atoms with Gasteiger partial charge in [0, 0.05) is 44.2 Å². The molecule has 30 heavy (non-hydrogen) atoms. The molecule has 5 rings (SSSR count). The summed E-state index contributed by atoms with van der Waals surface area (Å²) in [5.41, 5.74) is 2.24. The lowest BCUT2D eigenvalue weighted by Gasteiger charge is -2.34. The fraction of sp³-hybridized carbons (Fsp3) is 0.455. The summed E-state index contributed by atoms with van der Waals surface area (Å²) in [5.74, 6) is 6.30. The number of fused-ring (bicyclic) bond motifs is 2. The molecule has 2 aliphatic carbocycles. The molecule has 1 amide bonds. The molecule has 8 heteroatoms. The first kappa shape index (κ1) is 18.7. The second kappa shape index (κ2) is 6.87. The van der Waals surface area contributed by atoms with Crippen molar-refractivity contribution < 1.29 is 9.53 Å². The Labute approximate surface area is 174 Å². The maximum Gasteiger partial charge on any atom is 0.298 e. The molecule has 2 saturated carbocycles. The fourth-order valence-electron chi connectivity index (χ4n) is 4.58. The summed E-state index contributed by atoms with van der Waals surface area (Å²) >= 11 is 0. The Kier molecular flexibility index (Phi) is 4.28. The molecule has 0 unspecified atom stereocenters. The van der Waals surface area contributed by atoms with E-state index in [1.807, 2.05) is 32.6 Å². The molecule has 2 aliphatic rings. The molecule has 0 radical (unpaired) electrons. The summed E-state index contributed by atoms with van der Waals surface area (Å²) < 4.78 is 10.1. The number of amides is 1. The van der Waals surface area contributed by atoms with Crippen molar-refractivity contribution in [2.45, 2.75) is 44.2 Å². The highest BCUT2D eigenvalue weighted by Gasteiger charge is 2.60. The van der Waals surface area contributed by atoms with Crippen LogP contribution < -0.4 is 4.74 Å². The van der Waals surface area contributed by atoms with Gasteiger partial charge in [-0.3, -0.25) is 9.48 Å². The number of hydrogen-bond donors (Lipinski definition) is 0. The Balaban J connectivity index is 1.44. The van der Waals surface area contributed by atoms with E-state index in [4.69, 9.17) is 9.72 Å². The zero-order valence-corrected chi connectivity index (χ0v) is 17.4. The quantitative estimate of drug-likeness (QED) is 0.624. The minimum absolute atomic E-state index is 0.125. The maximum absolute atomic E-state index is 12.2. The van der Waals surface area contributed by atoms with Crippen molar-refractivity contribution in [3.05, 3.63) is 30.9 Å². The van der Waals surface area contributed by atoms with Crippen LogP contribution in [-0.4, -0.2) is 53.9 Å². The number of nitrogens with zero attached hydrogens (tertiary/aromatic N) is 6. The van der Waals surface area contributed by atoms with Crippen molar-refractivity contribution in [1.82, 2.24) is 29.3 Å². The minimum Gasteiger partial charge on any atom is -0.469 e. The van der Waals surface area contributed by atoms with Gasteiger partial charge in [-0.1, -0.05) is 5.92 Å². The van der Waals surface area contributed by atoms with Crippen molar-refractivity contribution in [3.8, 4) is 29.0 Å². The van der Waals surface area contributed by atoms with Crippen LogP contribution in [0.25, 0.3) is 16.8 Å². The molecule has 8 nitrogen and oxygen atoms in total. The van der Waals surface area contributed by atoms with Gasteiger partial charge in [0.05, 0.1) is 24.3 Å². The van der Waals surface area contributed by atoms with Gasteiger partial charge in [0.25, 0.3) is 5.91 Å². The third kappa shape index (κ3) is 3.11. The molecule has 0 aliphatic heterocycles. The van der Waals surface area contributed by atoms with Gasteiger partial charge in [-0.15, -0.1) is 0 Å². The third-order valence-corrected chi connectivity index (χ3v) is 6.36. The molecule has 3 heterocycles. The average Bonchev–Trinajstić information content (AvgIpc) is 3.03. The predicted molar refractivity (Wildman–Crippen MR) is 111 cm³/mol. The molecule has 3 atom stereocenters. The van der Waals surface area contributed by atoms with Gasteiger partial charge < -0.3 is 9.64 Å². The number of carbonyl (C=O) groups is 1. The van der Waals surface area contributed by atoms with Crippen LogP contribution in [0.15, 0.2) is 30.9 Å². The second-order valence-electron chi connectivity index (χ2n) is 8.29. The Morgan fingerprint density at radius 1 is 1.30 bits per heavy atom. The summed E-state index contributed by atoms with van der Waals surface area (Å²) in [4.78, 5) is 18.8. The largest absolute Gasteiger partial charge is 0.469 e. The Hall–Kier alpha value is -3.34. The minimum atomic E-state index is -0.275. The van der Waals surface area contributed by atoms with Crippen LogP contribution in [0.3, 0.4) is 0 Å². The summed E-state index contributed by atoms with van der Waals surface area (Å²) in [6, 6.07) is 2.04. The van der Waals surface area contributed by atoms with E-state index in [2.05, 4.69) is 22.0 Å². The fourth-order valence-corrected chi connectivity index (χ4v) is 4.58. The molecule has 0 bridgehead atoms. The van der Waals surface area contributed by atoms with E-state index in [9.17, 15) is 4.79 Å². The summed E-state index contributed by atoms with van der Waals surface area (Å²) in [6.07, 6.45) is 11.2. The normalized spacial score (nSPS) is 24.6. The van der Waals surface area contributed by atoms with Gasteiger partial charge in [-0.2, -0.15) is 10.2 Å². The van der Waals surface area contributed by atoms with E-state index in [-0.39, 0.29) is 17.6 Å². The van der Waals surface area contributed by atoms with E-state index in [0.717, 1.165) is 42.5 Å². The van der Waals surface area contributed by atoms with Crippen molar-refractivity contribution in [2.75, 3.05) is 7.05 Å². The third-order valence-electron chi connectivity index (χ3n) is 6.36. The number of carbonyl (C=O) groups excluding carboxylic acids is 1. The van der Waals surface area contributed by atoms with Gasteiger partial charge in [-0.25, -0.2) is 9.50 Å². The van der Waals surface area contributed by atoms with Crippen molar-refractivity contribution in [1.29, 1.82) is 0 Å². The lowest BCUT2D eigenvalue weighted by Crippen LogP contribution is -2.43. The smallest absolute Gasteiger partial charge is 0.298 e. The summed E-state index contributed by atoms with van der Waals surface area (Å²) in [5, 5.41) is 8.64. The van der Waals surface area contributed by atoms with Crippen molar-refractivity contribution in [3.63, 3.8) is 0 Å². The number of rotatable bonds is 4. The Morgan fingerprint density at radius 2 is 2.17 bits per heavy atom. The van der Waals surface area contributed by atoms with Crippen LogP contribution in [0.2, 0.25) is 0 Å². The van der Waals surface area contributed by atoms with Crippen LogP contribution in [0, 0.1) is 17.8 Å². The number of ether oxygens (including phenoxy) is 1. The van der Waals surface area contributed by atoms with Gasteiger partial charge in [0.2, 0.25) is 5.88 Å². The molecule has 3 aromatic rings. The zero-order valence-electron chi connectivity index (χ0n) is 17.4. The van der Waals surface area contributed by atoms with Crippen LogP contribution in [0.4, 0.5) is 0 Å². The van der Waals surface area contributed by atoms with Crippen LogP contribution in [0.1, 0.15) is 32.6 Å². The zero-order chi connectivity index (χ0) is 20.9. The number of aryl methyl sites for hydroxylation is 1. The molecular weight excluding hydrogens is 380 g/mol. The molecule has 0 N–H and O–H groups in total. The summed E-state index contributed by atoms with van der Waals surface area (Å²) in [6.45, 7) is 1.69. The van der Waals surface area contributed by atoms with Crippen LogP contribution >= 0.6 is 0 Å². The van der Waals surface area contributed by atoms with Gasteiger partial charge in [0.15, 0.2) is 0 Å². The lowest BCUT2D eigenvalue weighted by atomic mass is 9.91. The van der Waals surface area contributed by atoms with Crippen LogP contribution in [0.5, 0.6) is 5.88 Å². The summed E-state index contributed by atoms with van der Waals surface area (Å²) in [7, 11) is 3.72. The molecule has 0 spiro atoms. The highest BCUT2D eigenvalue weighted by molar-refractivity contribution is 5.93. The highest BCUT2D eigenvalue weighted by Crippen LogP contribution is 2.57. The monoisotopic (exact) mass is 404 g/mol. The highest BCUT2D eigenvalue weighted by atomic mass is 16.5. The van der Waals surface area contributed by atoms with E-state index in [0.29, 0.717) is 11.8 Å². The molecular formula is C22H24N6O2. The molecule has 0 aromatic carbocycles. The Bertz CT molecular complexity index is 1190. The van der Waals surface area contributed by atoms with Crippen LogP contribution in [-0.2, 0) is 11.8 Å². The standard InChI is InChI=1S/C22H24N6O2/c1-4-5-20(29)27(3)17-7-6-16-10-22(16,11-17)30-21-19-8-9-23-28(19)14-18(25-21)15-12-24-26(2)13-15/h8-9,12-14,16-17H,6-7,10-11H2,1-3H3/t16-,17-,22+/m1/s1. The molecule has 0 saturated heterocycles. The maximum atomic E-state index is 12.2.